The van der Waals surface area contributed by atoms with Crippen LogP contribution in [0.3, 0.4) is 0 Å². The number of ether oxygens (including phenoxy) is 2. The molecule has 6 aliphatic rings. The fraction of sp³-hybridized carbons (Fsp3) is 0.500. The zero-order chi connectivity index (χ0) is 35.2. The van der Waals surface area contributed by atoms with Gasteiger partial charge in [0.25, 0.3) is 10.0 Å². The molecule has 4 atom stereocenters. The van der Waals surface area contributed by atoms with Crippen molar-refractivity contribution in [2.45, 2.75) is 60.8 Å². The van der Waals surface area contributed by atoms with Crippen LogP contribution in [0.15, 0.2) is 29.2 Å². The molecule has 1 aromatic heterocycles. The molecule has 0 saturated carbocycles. The molecule has 5 fully saturated rings. The lowest BCUT2D eigenvalue weighted by atomic mass is 9.95. The van der Waals surface area contributed by atoms with Crippen LogP contribution < -0.4 is 15.0 Å². The average Bonchev–Trinajstić information content (AvgIpc) is 3.73. The molecule has 2 unspecified atom stereocenters. The lowest BCUT2D eigenvalue weighted by Gasteiger charge is -2.39. The van der Waals surface area contributed by atoms with Gasteiger partial charge in [-0.25, -0.2) is 21.6 Å². The number of anilines is 1. The van der Waals surface area contributed by atoms with E-state index < -0.39 is 49.7 Å². The fourth-order valence-corrected chi connectivity index (χ4v) is 10.8. The highest BCUT2D eigenvalue weighted by atomic mass is 32.2. The van der Waals surface area contributed by atoms with E-state index in [9.17, 15) is 9.50 Å². The summed E-state index contributed by atoms with van der Waals surface area (Å²) in [4.78, 5) is 12.7. The van der Waals surface area contributed by atoms with Gasteiger partial charge < -0.3 is 24.8 Å². The van der Waals surface area contributed by atoms with E-state index >= 15 is 17.2 Å². The standard InChI is InChI=1S/C36H37F3N6O5S/c1-2-26-28(38)7-4-21-10-25(46)11-27(29(21)26)32-30(39)31-33(51(47,48)45(32)13-20-17-49-18-20)34(43-15-23-5-6-24(16-43)40-23)42-35(41-31)50-19-36-8-3-9-44(36)14-22(37)12-36/h1,4,7,10-11,20,22-24,40,46H,3,5-6,8-9,12-19H2/t22-,23?,24?,36+/m1/s1. The minimum atomic E-state index is -4.61. The summed E-state index contributed by atoms with van der Waals surface area (Å²) in [5.74, 6) is 0.0253. The third kappa shape index (κ3) is 5.24. The fourth-order valence-electron chi connectivity index (χ4n) is 8.97. The molecular formula is C36H37F3N6O5S. The van der Waals surface area contributed by atoms with Crippen molar-refractivity contribution in [2.24, 2.45) is 5.92 Å². The number of aromatic nitrogens is 2. The maximum atomic E-state index is 17.7. The highest BCUT2D eigenvalue weighted by molar-refractivity contribution is 7.89. The summed E-state index contributed by atoms with van der Waals surface area (Å²) in [7, 11) is -4.61. The van der Waals surface area contributed by atoms with Gasteiger partial charge in [0.2, 0.25) is 0 Å². The zero-order valence-corrected chi connectivity index (χ0v) is 28.6. The summed E-state index contributed by atoms with van der Waals surface area (Å²) in [6.45, 7) is 2.34. The van der Waals surface area contributed by atoms with Crippen LogP contribution in [-0.2, 0) is 14.8 Å². The van der Waals surface area contributed by atoms with E-state index in [1.165, 1.54) is 18.2 Å². The van der Waals surface area contributed by atoms with Crippen LogP contribution in [0, 0.1) is 24.1 Å². The summed E-state index contributed by atoms with van der Waals surface area (Å²) >= 11 is 0. The van der Waals surface area contributed by atoms with Gasteiger partial charge in [0.05, 0.1) is 30.0 Å². The molecule has 3 aromatic rings. The molecule has 15 heteroatoms. The summed E-state index contributed by atoms with van der Waals surface area (Å²) in [5.41, 5.74) is -1.79. The Morgan fingerprint density at radius 3 is 2.65 bits per heavy atom. The molecule has 2 aromatic carbocycles. The first-order valence-corrected chi connectivity index (χ1v) is 18.9. The highest BCUT2D eigenvalue weighted by Gasteiger charge is 2.50. The summed E-state index contributed by atoms with van der Waals surface area (Å²) in [6, 6.07) is 5.04. The van der Waals surface area contributed by atoms with Gasteiger partial charge >= 0.3 is 6.01 Å². The van der Waals surface area contributed by atoms with Crippen molar-refractivity contribution in [3.05, 3.63) is 46.9 Å². The van der Waals surface area contributed by atoms with Gasteiger partial charge in [0, 0.05) is 61.6 Å². The molecule has 2 bridgehead atoms. The molecule has 51 heavy (non-hydrogen) atoms. The number of rotatable bonds is 7. The van der Waals surface area contributed by atoms with Gasteiger partial charge in [0.1, 0.15) is 30.0 Å². The van der Waals surface area contributed by atoms with Crippen molar-refractivity contribution in [1.29, 1.82) is 0 Å². The molecule has 5 saturated heterocycles. The Morgan fingerprint density at radius 1 is 1.14 bits per heavy atom. The number of hydrogen-bond donors (Lipinski definition) is 2. The lowest BCUT2D eigenvalue weighted by Crippen LogP contribution is -2.52. The smallest absolute Gasteiger partial charge is 0.319 e. The highest BCUT2D eigenvalue weighted by Crippen LogP contribution is 2.49. The van der Waals surface area contributed by atoms with Gasteiger partial charge in [-0.15, -0.1) is 6.42 Å². The molecule has 9 rings (SSSR count). The number of aromatic hydroxyl groups is 1. The third-order valence-electron chi connectivity index (χ3n) is 11.4. The maximum Gasteiger partial charge on any atom is 0.319 e. The summed E-state index contributed by atoms with van der Waals surface area (Å²) in [6.07, 6.45) is 8.45. The number of sulfonamides is 1. The van der Waals surface area contributed by atoms with Crippen LogP contribution in [0.1, 0.15) is 48.9 Å². The topological polar surface area (TPSA) is 120 Å². The van der Waals surface area contributed by atoms with E-state index in [0.29, 0.717) is 25.0 Å². The Hall–Kier alpha value is -4.10. The molecule has 7 heterocycles. The molecule has 0 radical (unpaired) electrons. The number of piperazine rings is 1. The number of alkyl halides is 1. The number of nitrogens with zero attached hydrogens (tertiary/aromatic N) is 5. The van der Waals surface area contributed by atoms with Crippen LogP contribution in [-0.4, -0.2) is 109 Å². The van der Waals surface area contributed by atoms with Crippen molar-refractivity contribution in [2.75, 3.05) is 57.4 Å². The number of nitrogens with one attached hydrogen (secondary N) is 1. The molecule has 0 spiro atoms. The minimum Gasteiger partial charge on any atom is -0.508 e. The van der Waals surface area contributed by atoms with E-state index in [1.807, 2.05) is 4.90 Å². The SMILES string of the molecule is C#Cc1c(F)ccc2cc(O)cc(C3=C(F)c4nc(OC[C@@]56CCCN5C[C@H](F)C6)nc(N5CC6CCC(C5)N6)c4S(=O)(=O)N3CC3COC3)c12. The third-order valence-corrected chi connectivity index (χ3v) is 13.2. The monoisotopic (exact) mass is 722 g/mol. The number of phenols is 1. The zero-order valence-electron chi connectivity index (χ0n) is 27.7. The Bertz CT molecular complexity index is 2130. The van der Waals surface area contributed by atoms with Gasteiger partial charge in [-0.05, 0) is 55.8 Å². The molecule has 0 amide bonds. The van der Waals surface area contributed by atoms with Gasteiger partial charge in [-0.1, -0.05) is 12.0 Å². The second-order valence-electron chi connectivity index (χ2n) is 14.7. The average molecular weight is 723 g/mol. The second-order valence-corrected chi connectivity index (χ2v) is 16.5. The Morgan fingerprint density at radius 2 is 1.92 bits per heavy atom. The van der Waals surface area contributed by atoms with Crippen molar-refractivity contribution in [3.8, 4) is 24.1 Å². The number of phenolic OH excluding ortho intramolecular Hbond substituents is 1. The van der Waals surface area contributed by atoms with Gasteiger partial charge in [-0.3, -0.25) is 9.21 Å². The molecular weight excluding hydrogens is 685 g/mol. The summed E-state index contributed by atoms with van der Waals surface area (Å²) in [5, 5.41) is 14.7. The molecule has 6 aliphatic heterocycles. The van der Waals surface area contributed by atoms with Crippen molar-refractivity contribution >= 4 is 38.1 Å². The van der Waals surface area contributed by atoms with Crippen LogP contribution in [0.5, 0.6) is 11.8 Å². The normalized spacial score (nSPS) is 28.5. The Labute approximate surface area is 293 Å². The number of halogens is 3. The number of terminal acetylenes is 1. The number of hydrogen-bond acceptors (Lipinski definition) is 10. The van der Waals surface area contributed by atoms with Crippen LogP contribution >= 0.6 is 0 Å². The Balaban J connectivity index is 1.26. The molecule has 0 aliphatic carbocycles. The van der Waals surface area contributed by atoms with Crippen molar-refractivity contribution < 1.29 is 36.2 Å². The van der Waals surface area contributed by atoms with Crippen LogP contribution in [0.4, 0.5) is 19.0 Å². The predicted octanol–water partition coefficient (Wildman–Crippen LogP) is 3.80. The largest absolute Gasteiger partial charge is 0.508 e. The lowest BCUT2D eigenvalue weighted by molar-refractivity contribution is -0.0348. The Kier molecular flexibility index (Phi) is 7.70. The van der Waals surface area contributed by atoms with Crippen molar-refractivity contribution in [3.63, 3.8) is 0 Å². The van der Waals surface area contributed by atoms with Gasteiger partial charge in [0.15, 0.2) is 16.5 Å². The van der Waals surface area contributed by atoms with E-state index in [0.717, 1.165) is 42.6 Å². The molecule has 11 nitrogen and oxygen atoms in total. The maximum absolute atomic E-state index is 17.7. The van der Waals surface area contributed by atoms with Gasteiger partial charge in [-0.2, -0.15) is 9.97 Å². The number of fused-ring (bicyclic) bond motifs is 5. The quantitative estimate of drug-likeness (QED) is 0.349. The molecule has 268 valence electrons. The van der Waals surface area contributed by atoms with Crippen molar-refractivity contribution in [1.82, 2.24) is 24.5 Å². The van der Waals surface area contributed by atoms with Crippen LogP contribution in [0.25, 0.3) is 22.3 Å². The number of benzene rings is 2. The first kappa shape index (κ1) is 32.8. The minimum absolute atomic E-state index is 0.0316. The summed E-state index contributed by atoms with van der Waals surface area (Å²) < 4.78 is 90.1. The van der Waals surface area contributed by atoms with E-state index in [1.54, 1.807) is 0 Å². The first-order valence-electron chi connectivity index (χ1n) is 17.4. The molecule has 2 N–H and O–H groups in total. The second kappa shape index (κ2) is 12.0. The predicted molar refractivity (Wildman–Crippen MR) is 182 cm³/mol. The van der Waals surface area contributed by atoms with E-state index in [4.69, 9.17) is 20.9 Å². The van der Waals surface area contributed by atoms with Crippen LogP contribution in [0.2, 0.25) is 0 Å². The first-order chi connectivity index (χ1) is 24.5. The van der Waals surface area contributed by atoms with E-state index in [-0.39, 0.29) is 84.9 Å². The van der Waals surface area contributed by atoms with E-state index in [2.05, 4.69) is 21.1 Å².